The highest BCUT2D eigenvalue weighted by molar-refractivity contribution is 5.07. The molecule has 2 atom stereocenters. The fraction of sp³-hybridized carbons (Fsp3) is 0.923. The summed E-state index contributed by atoms with van der Waals surface area (Å²) in [5.74, 6) is 0.592. The zero-order valence-corrected chi connectivity index (χ0v) is 10.8. The average molecular weight is 224 g/mol. The van der Waals surface area contributed by atoms with Crippen molar-refractivity contribution in [3.63, 3.8) is 0 Å². The van der Waals surface area contributed by atoms with Crippen LogP contribution < -0.4 is 5.32 Å². The Morgan fingerprint density at radius 2 is 2.25 bits per heavy atom. The first-order chi connectivity index (χ1) is 7.59. The number of ether oxygens (including phenoxy) is 1. The minimum absolute atomic E-state index is 0.494. The fourth-order valence-corrected chi connectivity index (χ4v) is 1.82. The molecule has 0 aromatic carbocycles. The van der Waals surface area contributed by atoms with Crippen LogP contribution in [0, 0.1) is 17.2 Å². The second kappa shape index (κ2) is 6.22. The fourth-order valence-electron chi connectivity index (χ4n) is 1.82. The van der Waals surface area contributed by atoms with Crippen LogP contribution in [0.15, 0.2) is 0 Å². The van der Waals surface area contributed by atoms with Crippen molar-refractivity contribution in [1.82, 2.24) is 5.32 Å². The Hall–Kier alpha value is -0.590. The van der Waals surface area contributed by atoms with Crippen LogP contribution in [0.25, 0.3) is 0 Å². The van der Waals surface area contributed by atoms with Crippen LogP contribution in [-0.2, 0) is 4.74 Å². The van der Waals surface area contributed by atoms with Gasteiger partial charge in [0.05, 0.1) is 12.7 Å². The van der Waals surface area contributed by atoms with E-state index in [0.29, 0.717) is 18.6 Å². The number of nitrogens with zero attached hydrogens (tertiary/aromatic N) is 1. The minimum Gasteiger partial charge on any atom is -0.378 e. The molecule has 1 aliphatic rings. The van der Waals surface area contributed by atoms with Gasteiger partial charge in [-0.1, -0.05) is 20.3 Å². The smallest absolute Gasteiger partial charge is 0.127 e. The van der Waals surface area contributed by atoms with Gasteiger partial charge < -0.3 is 4.74 Å². The van der Waals surface area contributed by atoms with E-state index < -0.39 is 5.54 Å². The first kappa shape index (κ1) is 13.5. The lowest BCUT2D eigenvalue weighted by molar-refractivity contribution is 0.0696. The summed E-state index contributed by atoms with van der Waals surface area (Å²) in [7, 11) is 0. The highest BCUT2D eigenvalue weighted by Gasteiger charge is 2.32. The van der Waals surface area contributed by atoms with Gasteiger partial charge in [-0.05, 0) is 32.1 Å². The lowest BCUT2D eigenvalue weighted by Crippen LogP contribution is -2.46. The SMILES string of the molecule is CCCC(C)COCC(C)(C#N)NC1CC1. The number of rotatable bonds is 8. The average Bonchev–Trinajstić information content (AvgIpc) is 3.02. The van der Waals surface area contributed by atoms with Gasteiger partial charge in [-0.25, -0.2) is 0 Å². The molecule has 1 fully saturated rings. The van der Waals surface area contributed by atoms with Crippen molar-refractivity contribution < 1.29 is 4.74 Å². The summed E-state index contributed by atoms with van der Waals surface area (Å²) in [6.07, 6.45) is 4.78. The summed E-state index contributed by atoms with van der Waals surface area (Å²) >= 11 is 0. The van der Waals surface area contributed by atoms with Crippen LogP contribution in [-0.4, -0.2) is 24.8 Å². The molecule has 2 unspecified atom stereocenters. The predicted octanol–water partition coefficient (Wildman–Crippen LogP) is 2.47. The van der Waals surface area contributed by atoms with Crippen molar-refractivity contribution in [3.05, 3.63) is 0 Å². The third-order valence-electron chi connectivity index (χ3n) is 2.92. The first-order valence-corrected chi connectivity index (χ1v) is 6.36. The van der Waals surface area contributed by atoms with Crippen molar-refractivity contribution in [3.8, 4) is 6.07 Å². The highest BCUT2D eigenvalue weighted by atomic mass is 16.5. The maximum absolute atomic E-state index is 9.14. The summed E-state index contributed by atoms with van der Waals surface area (Å²) < 4.78 is 5.65. The van der Waals surface area contributed by atoms with E-state index in [0.717, 1.165) is 6.61 Å². The van der Waals surface area contributed by atoms with Crippen molar-refractivity contribution in [2.24, 2.45) is 5.92 Å². The molecule has 16 heavy (non-hydrogen) atoms. The van der Waals surface area contributed by atoms with E-state index in [2.05, 4.69) is 25.2 Å². The zero-order chi connectivity index (χ0) is 12.0. The van der Waals surface area contributed by atoms with E-state index in [1.807, 2.05) is 6.92 Å². The van der Waals surface area contributed by atoms with Crippen LogP contribution in [0.1, 0.15) is 46.5 Å². The summed E-state index contributed by atoms with van der Waals surface area (Å²) in [6, 6.07) is 2.86. The zero-order valence-electron chi connectivity index (χ0n) is 10.8. The Morgan fingerprint density at radius 1 is 1.56 bits per heavy atom. The van der Waals surface area contributed by atoms with Crippen molar-refractivity contribution in [2.45, 2.75) is 58.0 Å². The Kier molecular flexibility index (Phi) is 5.24. The molecule has 3 heteroatoms. The standard InChI is InChI=1S/C13H24N2O/c1-4-5-11(2)8-16-10-13(3,9-14)15-12-6-7-12/h11-12,15H,4-8,10H2,1-3H3. The summed E-state index contributed by atoms with van der Waals surface area (Å²) in [4.78, 5) is 0. The quantitative estimate of drug-likeness (QED) is 0.689. The normalized spacial score (nSPS) is 21.1. The number of nitriles is 1. The van der Waals surface area contributed by atoms with E-state index in [4.69, 9.17) is 10.00 Å². The van der Waals surface area contributed by atoms with Gasteiger partial charge in [-0.2, -0.15) is 5.26 Å². The molecule has 1 aliphatic carbocycles. The molecule has 0 saturated heterocycles. The van der Waals surface area contributed by atoms with Crippen LogP contribution in [0.2, 0.25) is 0 Å². The van der Waals surface area contributed by atoms with Gasteiger partial charge in [-0.15, -0.1) is 0 Å². The van der Waals surface area contributed by atoms with Gasteiger partial charge in [0.25, 0.3) is 0 Å². The van der Waals surface area contributed by atoms with Crippen molar-refractivity contribution in [2.75, 3.05) is 13.2 Å². The van der Waals surface area contributed by atoms with Crippen LogP contribution in [0.3, 0.4) is 0 Å². The lowest BCUT2D eigenvalue weighted by atomic mass is 10.1. The second-order valence-electron chi connectivity index (χ2n) is 5.27. The second-order valence-corrected chi connectivity index (χ2v) is 5.27. The van der Waals surface area contributed by atoms with Gasteiger partial charge in [0.2, 0.25) is 0 Å². The minimum atomic E-state index is -0.507. The molecular weight excluding hydrogens is 200 g/mol. The lowest BCUT2D eigenvalue weighted by Gasteiger charge is -2.24. The predicted molar refractivity (Wildman–Crippen MR) is 65.1 cm³/mol. The molecule has 1 saturated carbocycles. The number of hydrogen-bond acceptors (Lipinski definition) is 3. The van der Waals surface area contributed by atoms with E-state index in [-0.39, 0.29) is 0 Å². The first-order valence-electron chi connectivity index (χ1n) is 6.36. The topological polar surface area (TPSA) is 45.0 Å². The van der Waals surface area contributed by atoms with Crippen LogP contribution in [0.4, 0.5) is 0 Å². The third kappa shape index (κ3) is 4.96. The summed E-state index contributed by atoms with van der Waals surface area (Å²) in [5, 5.41) is 12.5. The van der Waals surface area contributed by atoms with Crippen LogP contribution in [0.5, 0.6) is 0 Å². The Bertz CT molecular complexity index is 245. The van der Waals surface area contributed by atoms with Gasteiger partial charge in [-0.3, -0.25) is 5.32 Å². The molecule has 0 bridgehead atoms. The molecule has 1 N–H and O–H groups in total. The molecule has 0 aromatic rings. The maximum Gasteiger partial charge on any atom is 0.127 e. The van der Waals surface area contributed by atoms with E-state index >= 15 is 0 Å². The Labute approximate surface area is 99.2 Å². The summed E-state index contributed by atoms with van der Waals surface area (Å²) in [5.41, 5.74) is -0.507. The largest absolute Gasteiger partial charge is 0.378 e. The molecular formula is C13H24N2O. The van der Waals surface area contributed by atoms with Crippen molar-refractivity contribution in [1.29, 1.82) is 5.26 Å². The Morgan fingerprint density at radius 3 is 2.75 bits per heavy atom. The molecule has 0 spiro atoms. The number of hydrogen-bond donors (Lipinski definition) is 1. The monoisotopic (exact) mass is 224 g/mol. The van der Waals surface area contributed by atoms with E-state index in [1.54, 1.807) is 0 Å². The van der Waals surface area contributed by atoms with E-state index in [9.17, 15) is 0 Å². The molecule has 92 valence electrons. The summed E-state index contributed by atoms with van der Waals surface area (Å²) in [6.45, 7) is 7.56. The molecule has 0 heterocycles. The molecule has 0 radical (unpaired) electrons. The third-order valence-corrected chi connectivity index (χ3v) is 2.92. The molecule has 1 rings (SSSR count). The number of nitrogens with one attached hydrogen (secondary N) is 1. The maximum atomic E-state index is 9.14. The van der Waals surface area contributed by atoms with Crippen molar-refractivity contribution >= 4 is 0 Å². The van der Waals surface area contributed by atoms with Gasteiger partial charge in [0.1, 0.15) is 5.54 Å². The van der Waals surface area contributed by atoms with Gasteiger partial charge in [0.15, 0.2) is 0 Å². The van der Waals surface area contributed by atoms with Gasteiger partial charge in [0, 0.05) is 12.6 Å². The Balaban J connectivity index is 2.20. The highest BCUT2D eigenvalue weighted by Crippen LogP contribution is 2.22. The molecule has 0 amide bonds. The molecule has 0 aromatic heterocycles. The van der Waals surface area contributed by atoms with Gasteiger partial charge >= 0.3 is 0 Å². The van der Waals surface area contributed by atoms with Crippen LogP contribution >= 0.6 is 0 Å². The molecule has 0 aliphatic heterocycles. The molecule has 3 nitrogen and oxygen atoms in total. The van der Waals surface area contributed by atoms with E-state index in [1.165, 1.54) is 25.7 Å².